The number of hydrogen-bond donors (Lipinski definition) is 3. The van der Waals surface area contributed by atoms with Crippen molar-refractivity contribution in [1.82, 2.24) is 0 Å². The van der Waals surface area contributed by atoms with Gasteiger partial charge in [-0.3, -0.25) is 9.11 Å². The Bertz CT molecular complexity index is 463. The normalized spacial score (nSPS) is 10.7. The first-order valence-corrected chi connectivity index (χ1v) is 6.18. The Labute approximate surface area is 89.1 Å². The minimum atomic E-state index is -4.02. The molecular weight excluding hydrogens is 244 g/mol. The maximum absolute atomic E-state index is 10.5. The molecule has 6 nitrogen and oxygen atoms in total. The lowest BCUT2D eigenvalue weighted by Gasteiger charge is -1.95. The highest BCUT2D eigenvalue weighted by Gasteiger charge is 2.06. The molecule has 0 aliphatic heterocycles. The van der Waals surface area contributed by atoms with E-state index in [1.165, 1.54) is 12.1 Å². The average molecular weight is 254 g/mol. The number of rotatable bonds is 1. The number of benzene rings is 1. The van der Waals surface area contributed by atoms with Gasteiger partial charge in [0.1, 0.15) is 0 Å². The molecular formula is C7H10O6S2. The molecule has 0 aliphatic carbocycles. The Balaban J connectivity index is 0.000000423. The lowest BCUT2D eigenvalue weighted by atomic mass is 10.2. The van der Waals surface area contributed by atoms with Crippen LogP contribution < -0.4 is 0 Å². The molecule has 0 saturated heterocycles. The van der Waals surface area contributed by atoms with Gasteiger partial charge in [0, 0.05) is 0 Å². The predicted molar refractivity (Wildman–Crippen MR) is 53.9 cm³/mol. The van der Waals surface area contributed by atoms with E-state index in [1.807, 2.05) is 6.92 Å². The zero-order valence-corrected chi connectivity index (χ0v) is 9.40. The smallest absolute Gasteiger partial charge is 0.288 e. The van der Waals surface area contributed by atoms with Crippen molar-refractivity contribution in [1.29, 1.82) is 0 Å². The zero-order valence-electron chi connectivity index (χ0n) is 7.69. The van der Waals surface area contributed by atoms with Crippen LogP contribution in [0.4, 0.5) is 0 Å². The third kappa shape index (κ3) is 7.03. The van der Waals surface area contributed by atoms with E-state index in [2.05, 4.69) is 0 Å². The summed E-state index contributed by atoms with van der Waals surface area (Å²) in [5.74, 6) is 0. The first-order valence-electron chi connectivity index (χ1n) is 3.61. The second-order valence-electron chi connectivity index (χ2n) is 2.53. The Kier molecular flexibility index (Phi) is 5.44. The standard InChI is InChI=1S/C7H8O3S.H2O3S/c1-6-2-4-7(5-3-6)11(8,9)10;1-4(2)3/h2-5H,1H3,(H,8,9,10);4H,(H,1,2,3). The molecule has 0 bridgehead atoms. The Morgan fingerprint density at radius 1 is 1.13 bits per heavy atom. The minimum absolute atomic E-state index is 0.0666. The van der Waals surface area contributed by atoms with Gasteiger partial charge >= 0.3 is 0 Å². The number of hydrogen-bond acceptors (Lipinski definition) is 4. The summed E-state index contributed by atoms with van der Waals surface area (Å²) in [7, 11) is -7.14. The quantitative estimate of drug-likeness (QED) is 0.491. The van der Waals surface area contributed by atoms with Crippen LogP contribution in [-0.4, -0.2) is 25.9 Å². The Hall–Kier alpha value is -0.960. The van der Waals surface area contributed by atoms with Crippen LogP contribution in [-0.2, 0) is 21.1 Å². The summed E-state index contributed by atoms with van der Waals surface area (Å²) >= 11 is 0. The van der Waals surface area contributed by atoms with E-state index in [4.69, 9.17) is 17.5 Å². The summed E-state index contributed by atoms with van der Waals surface area (Å²) < 4.78 is 53.7. The maximum atomic E-state index is 10.5. The van der Waals surface area contributed by atoms with Gasteiger partial charge in [0.25, 0.3) is 21.1 Å². The third-order valence-electron chi connectivity index (χ3n) is 1.32. The largest absolute Gasteiger partial charge is 0.294 e. The monoisotopic (exact) mass is 254 g/mol. The van der Waals surface area contributed by atoms with Crippen molar-refractivity contribution in [2.75, 3.05) is 0 Å². The molecule has 0 fully saturated rings. The summed E-state index contributed by atoms with van der Waals surface area (Å²) in [6.07, 6.45) is 0. The van der Waals surface area contributed by atoms with E-state index in [9.17, 15) is 8.42 Å². The van der Waals surface area contributed by atoms with Gasteiger partial charge in [-0.05, 0) is 19.1 Å². The van der Waals surface area contributed by atoms with Gasteiger partial charge in [0.15, 0.2) is 0 Å². The molecule has 0 saturated carbocycles. The van der Waals surface area contributed by atoms with E-state index in [1.54, 1.807) is 12.1 Å². The van der Waals surface area contributed by atoms with Crippen LogP contribution in [0.25, 0.3) is 0 Å². The van der Waals surface area contributed by atoms with Gasteiger partial charge in [0.2, 0.25) is 0 Å². The second kappa shape index (κ2) is 5.81. The summed E-state index contributed by atoms with van der Waals surface area (Å²) in [6.45, 7) is 1.84. The van der Waals surface area contributed by atoms with Crippen molar-refractivity contribution in [2.24, 2.45) is 0 Å². The lowest BCUT2D eigenvalue weighted by Crippen LogP contribution is -1.96. The van der Waals surface area contributed by atoms with Gasteiger partial charge in [-0.1, -0.05) is 17.7 Å². The van der Waals surface area contributed by atoms with Crippen LogP contribution in [0.1, 0.15) is 5.56 Å². The van der Waals surface area contributed by atoms with E-state index < -0.39 is 21.1 Å². The van der Waals surface area contributed by atoms with Gasteiger partial charge in [-0.25, -0.2) is 8.42 Å². The molecule has 0 aliphatic rings. The van der Waals surface area contributed by atoms with Crippen LogP contribution in [0.3, 0.4) is 0 Å². The van der Waals surface area contributed by atoms with Crippen LogP contribution in [0, 0.1) is 6.92 Å². The highest BCUT2D eigenvalue weighted by molar-refractivity contribution is 7.85. The molecule has 0 heterocycles. The molecule has 0 unspecified atom stereocenters. The number of thiol groups is 1. The molecule has 86 valence electrons. The van der Waals surface area contributed by atoms with Gasteiger partial charge < -0.3 is 0 Å². The third-order valence-corrected chi connectivity index (χ3v) is 2.19. The molecule has 1 aromatic carbocycles. The van der Waals surface area contributed by atoms with Gasteiger partial charge in [-0.2, -0.15) is 8.42 Å². The summed E-state index contributed by atoms with van der Waals surface area (Å²) in [4.78, 5) is -0.0666. The fourth-order valence-corrected chi connectivity index (χ4v) is 1.19. The van der Waals surface area contributed by atoms with Crippen molar-refractivity contribution >= 4 is 21.1 Å². The van der Waals surface area contributed by atoms with Gasteiger partial charge in [0.05, 0.1) is 4.90 Å². The Morgan fingerprint density at radius 2 is 1.47 bits per heavy atom. The van der Waals surface area contributed by atoms with E-state index in [0.29, 0.717) is 0 Å². The van der Waals surface area contributed by atoms with Crippen LogP contribution in [0.2, 0.25) is 0 Å². The summed E-state index contributed by atoms with van der Waals surface area (Å²) in [5.41, 5.74) is 0.956. The first kappa shape index (κ1) is 14.0. The molecule has 1 aromatic rings. The molecule has 0 spiro atoms. The summed E-state index contributed by atoms with van der Waals surface area (Å²) in [5, 5.41) is 0. The average Bonchev–Trinajstić information content (AvgIpc) is 2.01. The molecule has 0 amide bonds. The first-order chi connectivity index (χ1) is 6.73. The zero-order chi connectivity index (χ0) is 12.1. The van der Waals surface area contributed by atoms with Crippen LogP contribution in [0.15, 0.2) is 29.2 Å². The van der Waals surface area contributed by atoms with E-state index >= 15 is 0 Å². The molecule has 0 atom stereocenters. The highest BCUT2D eigenvalue weighted by atomic mass is 32.2. The van der Waals surface area contributed by atoms with E-state index in [0.717, 1.165) is 5.56 Å². The molecule has 0 radical (unpaired) electrons. The summed E-state index contributed by atoms with van der Waals surface area (Å²) in [6, 6.07) is 5.99. The fraction of sp³-hybridized carbons (Fsp3) is 0.143. The van der Waals surface area contributed by atoms with Gasteiger partial charge in [-0.15, -0.1) is 0 Å². The number of aryl methyl sites for hydroxylation is 1. The Morgan fingerprint density at radius 3 is 1.73 bits per heavy atom. The predicted octanol–water partition coefficient (Wildman–Crippen LogP) is 0.313. The highest BCUT2D eigenvalue weighted by Crippen LogP contribution is 2.08. The van der Waals surface area contributed by atoms with Crippen molar-refractivity contribution in [3.63, 3.8) is 0 Å². The molecule has 1 rings (SSSR count). The molecule has 15 heavy (non-hydrogen) atoms. The second-order valence-corrected chi connectivity index (χ2v) is 4.42. The van der Waals surface area contributed by atoms with E-state index in [-0.39, 0.29) is 4.90 Å². The van der Waals surface area contributed by atoms with Crippen molar-refractivity contribution < 1.29 is 25.9 Å². The lowest BCUT2D eigenvalue weighted by molar-refractivity contribution is 0.483. The SMILES string of the molecule is Cc1ccc(S(=O)(=O)O)cc1.O=[SH](=O)O. The van der Waals surface area contributed by atoms with Crippen molar-refractivity contribution in [2.45, 2.75) is 11.8 Å². The van der Waals surface area contributed by atoms with Crippen molar-refractivity contribution in [3.05, 3.63) is 29.8 Å². The molecule has 0 aromatic heterocycles. The fourth-order valence-electron chi connectivity index (χ4n) is 0.710. The maximum Gasteiger partial charge on any atom is 0.294 e. The van der Waals surface area contributed by atoms with Crippen LogP contribution >= 0.6 is 0 Å². The minimum Gasteiger partial charge on any atom is -0.288 e. The molecule has 2 N–H and O–H groups in total. The van der Waals surface area contributed by atoms with Crippen LogP contribution in [0.5, 0.6) is 0 Å². The molecule has 8 heteroatoms. The van der Waals surface area contributed by atoms with Crippen molar-refractivity contribution in [3.8, 4) is 0 Å². The topological polar surface area (TPSA) is 109 Å².